The van der Waals surface area contributed by atoms with Crippen LogP contribution in [0.4, 0.5) is 11.8 Å². The molecule has 2 aromatic rings. The molecule has 0 unspecified atom stereocenters. The molecule has 0 N–H and O–H groups in total. The molecule has 2 aliphatic heterocycles. The van der Waals surface area contributed by atoms with Crippen LogP contribution in [-0.2, 0) is 11.3 Å². The minimum absolute atomic E-state index is 0.296. The van der Waals surface area contributed by atoms with Crippen molar-refractivity contribution in [1.82, 2.24) is 15.0 Å². The van der Waals surface area contributed by atoms with E-state index in [2.05, 4.69) is 28.6 Å². The van der Waals surface area contributed by atoms with Gasteiger partial charge in [0.1, 0.15) is 5.82 Å². The first-order valence-corrected chi connectivity index (χ1v) is 10.1. The number of anilines is 2. The van der Waals surface area contributed by atoms with Crippen molar-refractivity contribution in [3.63, 3.8) is 0 Å². The van der Waals surface area contributed by atoms with Gasteiger partial charge in [-0.05, 0) is 51.7 Å². The lowest BCUT2D eigenvalue weighted by atomic mass is 10.1. The zero-order valence-electron chi connectivity index (χ0n) is 16.4. The highest BCUT2D eigenvalue weighted by Crippen LogP contribution is 2.28. The van der Waals surface area contributed by atoms with Crippen LogP contribution in [0.25, 0.3) is 0 Å². The van der Waals surface area contributed by atoms with Crippen molar-refractivity contribution < 1.29 is 4.74 Å². The smallest absolute Gasteiger partial charge is 0.227 e. The van der Waals surface area contributed by atoms with Gasteiger partial charge < -0.3 is 14.5 Å². The molecular weight excluding hydrogens is 338 g/mol. The van der Waals surface area contributed by atoms with E-state index < -0.39 is 0 Å². The largest absolute Gasteiger partial charge is 0.372 e. The Hall–Kier alpha value is -2.21. The zero-order valence-corrected chi connectivity index (χ0v) is 16.4. The van der Waals surface area contributed by atoms with Crippen LogP contribution in [0.1, 0.15) is 42.6 Å². The minimum Gasteiger partial charge on any atom is -0.372 e. The highest BCUT2D eigenvalue weighted by molar-refractivity contribution is 5.53. The number of aryl methyl sites for hydroxylation is 1. The Kier molecular flexibility index (Phi) is 5.53. The van der Waals surface area contributed by atoms with Crippen molar-refractivity contribution in [2.45, 2.75) is 52.2 Å². The first-order chi connectivity index (χ1) is 13.2. The van der Waals surface area contributed by atoms with Crippen LogP contribution < -0.4 is 9.80 Å². The number of rotatable bonds is 5. The Morgan fingerprint density at radius 1 is 1.00 bits per heavy atom. The summed E-state index contributed by atoms with van der Waals surface area (Å²) in [5.74, 6) is 2.01. The summed E-state index contributed by atoms with van der Waals surface area (Å²) in [6.45, 7) is 8.94. The molecule has 4 heterocycles. The van der Waals surface area contributed by atoms with Crippen LogP contribution >= 0.6 is 0 Å². The molecule has 6 nitrogen and oxygen atoms in total. The van der Waals surface area contributed by atoms with Crippen LogP contribution in [0.2, 0.25) is 0 Å². The molecule has 2 aliphatic rings. The Bertz CT molecular complexity index is 753. The van der Waals surface area contributed by atoms with Gasteiger partial charge in [-0.25, -0.2) is 4.98 Å². The minimum atomic E-state index is 0.296. The van der Waals surface area contributed by atoms with Crippen LogP contribution in [0, 0.1) is 13.8 Å². The maximum atomic E-state index is 6.08. The molecule has 0 saturated carbocycles. The number of aromatic nitrogens is 3. The van der Waals surface area contributed by atoms with E-state index in [0.29, 0.717) is 12.7 Å². The normalized spacial score (nSPS) is 18.3. The monoisotopic (exact) mass is 367 g/mol. The molecule has 0 aliphatic carbocycles. The predicted molar refractivity (Wildman–Crippen MR) is 107 cm³/mol. The van der Waals surface area contributed by atoms with Crippen molar-refractivity contribution >= 4 is 11.8 Å². The molecule has 0 bridgehead atoms. The number of nitrogens with zero attached hydrogens (tertiary/aromatic N) is 5. The second-order valence-electron chi connectivity index (χ2n) is 7.57. The molecule has 0 aromatic carbocycles. The molecule has 2 fully saturated rings. The predicted octanol–water partition coefficient (Wildman–Crippen LogP) is 3.27. The Balaban J connectivity index is 1.38. The second kappa shape index (κ2) is 8.21. The number of piperidine rings is 1. The fourth-order valence-corrected chi connectivity index (χ4v) is 3.89. The fourth-order valence-electron chi connectivity index (χ4n) is 3.89. The summed E-state index contributed by atoms with van der Waals surface area (Å²) < 4.78 is 6.08. The van der Waals surface area contributed by atoms with E-state index in [-0.39, 0.29) is 0 Å². The summed E-state index contributed by atoms with van der Waals surface area (Å²) >= 11 is 0. The van der Waals surface area contributed by atoms with Crippen molar-refractivity contribution in [3.8, 4) is 0 Å². The van der Waals surface area contributed by atoms with E-state index in [0.717, 1.165) is 62.2 Å². The summed E-state index contributed by atoms with van der Waals surface area (Å²) in [7, 11) is 0. The third kappa shape index (κ3) is 4.21. The second-order valence-corrected chi connectivity index (χ2v) is 7.57. The van der Waals surface area contributed by atoms with Gasteiger partial charge >= 0.3 is 0 Å². The molecule has 27 heavy (non-hydrogen) atoms. The molecule has 0 amide bonds. The summed E-state index contributed by atoms with van der Waals surface area (Å²) in [5, 5.41) is 0. The van der Waals surface area contributed by atoms with Gasteiger partial charge in [0.25, 0.3) is 0 Å². The first-order valence-electron chi connectivity index (χ1n) is 10.1. The Labute approximate surface area is 161 Å². The topological polar surface area (TPSA) is 54.4 Å². The molecule has 0 spiro atoms. The lowest BCUT2D eigenvalue weighted by molar-refractivity contribution is 0.0233. The summed E-state index contributed by atoms with van der Waals surface area (Å²) in [6.07, 6.45) is 6.64. The van der Waals surface area contributed by atoms with Crippen LogP contribution in [0.5, 0.6) is 0 Å². The Morgan fingerprint density at radius 2 is 1.78 bits per heavy atom. The molecule has 2 saturated heterocycles. The zero-order chi connectivity index (χ0) is 18.6. The summed E-state index contributed by atoms with van der Waals surface area (Å²) in [4.78, 5) is 18.8. The molecular formula is C21H29N5O. The summed E-state index contributed by atoms with van der Waals surface area (Å²) in [5.41, 5.74) is 3.29. The molecule has 0 atom stereocenters. The van der Waals surface area contributed by atoms with Gasteiger partial charge in [-0.15, -0.1) is 0 Å². The first kappa shape index (κ1) is 18.2. The van der Waals surface area contributed by atoms with Crippen molar-refractivity contribution in [1.29, 1.82) is 0 Å². The van der Waals surface area contributed by atoms with E-state index >= 15 is 0 Å². The maximum absolute atomic E-state index is 6.08. The lowest BCUT2D eigenvalue weighted by Crippen LogP contribution is -2.38. The third-order valence-corrected chi connectivity index (χ3v) is 5.68. The fraction of sp³-hybridized carbons (Fsp3) is 0.571. The average Bonchev–Trinajstić information content (AvgIpc) is 3.25. The van der Waals surface area contributed by atoms with Crippen molar-refractivity contribution in [2.75, 3.05) is 36.0 Å². The van der Waals surface area contributed by atoms with Gasteiger partial charge in [-0.1, -0.05) is 6.07 Å². The highest BCUT2D eigenvalue weighted by Gasteiger charge is 2.24. The quantitative estimate of drug-likeness (QED) is 0.808. The third-order valence-electron chi connectivity index (χ3n) is 5.68. The van der Waals surface area contributed by atoms with E-state index in [1.54, 1.807) is 0 Å². The number of hydrogen-bond donors (Lipinski definition) is 0. The molecule has 4 rings (SSSR count). The van der Waals surface area contributed by atoms with Gasteiger partial charge in [0.15, 0.2) is 0 Å². The lowest BCUT2D eigenvalue weighted by Gasteiger charge is -2.34. The van der Waals surface area contributed by atoms with Gasteiger partial charge in [0.2, 0.25) is 5.95 Å². The van der Waals surface area contributed by atoms with Crippen LogP contribution in [0.3, 0.4) is 0 Å². The van der Waals surface area contributed by atoms with Crippen molar-refractivity contribution in [3.05, 3.63) is 41.3 Å². The van der Waals surface area contributed by atoms with E-state index in [1.165, 1.54) is 18.4 Å². The molecule has 2 aromatic heterocycles. The average molecular weight is 367 g/mol. The van der Waals surface area contributed by atoms with Gasteiger partial charge in [0, 0.05) is 43.6 Å². The number of pyridine rings is 1. The van der Waals surface area contributed by atoms with Gasteiger partial charge in [-0.3, -0.25) is 4.98 Å². The molecule has 6 heteroatoms. The maximum Gasteiger partial charge on any atom is 0.227 e. The standard InChI is InChI=1S/C21H29N5O/c1-16-17(2)23-21(26-11-5-6-12-26)24-20(16)25-13-8-19(9-14-25)27-15-18-7-3-4-10-22-18/h3-4,7,10,19H,5-6,8-9,11-15H2,1-2H3. The van der Waals surface area contributed by atoms with E-state index in [1.807, 2.05) is 24.4 Å². The van der Waals surface area contributed by atoms with Crippen molar-refractivity contribution in [2.24, 2.45) is 0 Å². The van der Waals surface area contributed by atoms with Gasteiger partial charge in [-0.2, -0.15) is 4.98 Å². The van der Waals surface area contributed by atoms with Gasteiger partial charge in [0.05, 0.1) is 18.4 Å². The highest BCUT2D eigenvalue weighted by atomic mass is 16.5. The Morgan fingerprint density at radius 3 is 2.48 bits per heavy atom. The van der Waals surface area contributed by atoms with E-state index in [9.17, 15) is 0 Å². The number of ether oxygens (including phenoxy) is 1. The summed E-state index contributed by atoms with van der Waals surface area (Å²) in [6, 6.07) is 5.96. The number of hydrogen-bond acceptors (Lipinski definition) is 6. The molecule has 144 valence electrons. The van der Waals surface area contributed by atoms with Crippen LogP contribution in [0.15, 0.2) is 24.4 Å². The van der Waals surface area contributed by atoms with E-state index in [4.69, 9.17) is 14.7 Å². The SMILES string of the molecule is Cc1nc(N2CCCC2)nc(N2CCC(OCc3ccccn3)CC2)c1C. The molecule has 0 radical (unpaired) electrons. The van der Waals surface area contributed by atoms with Crippen LogP contribution in [-0.4, -0.2) is 47.2 Å².